The molecule has 0 spiro atoms. The lowest BCUT2D eigenvalue weighted by atomic mass is 9.96. The Morgan fingerprint density at radius 1 is 0.538 bits per heavy atom. The van der Waals surface area contributed by atoms with Crippen LogP contribution in [0.1, 0.15) is 12.8 Å². The standard InChI is InChI=1S/C30H26I2O7/c33-27(38-31(23-13-5-1-6-14-23)24-15-7-2-8-16-24)21-30(37,29(35)36)22-28(34)39-32(25-17-9-3-10-18-25)26-19-11-4-12-20-26/h1-20,37H,21-22H2,(H,35,36)/q+2. The lowest BCUT2D eigenvalue weighted by molar-refractivity contribution is -1.04. The highest BCUT2D eigenvalue weighted by atomic mass is 127. The Morgan fingerprint density at radius 2 is 0.795 bits per heavy atom. The number of halogens is 2. The minimum atomic E-state index is -2.75. The fourth-order valence-corrected chi connectivity index (χ4v) is 11.5. The molecule has 2 N–H and O–H groups in total. The molecule has 0 aliphatic heterocycles. The summed E-state index contributed by atoms with van der Waals surface area (Å²) in [6.45, 7) is 0. The summed E-state index contributed by atoms with van der Waals surface area (Å²) in [6, 6.07) is 36.9. The molecule has 0 aliphatic rings. The highest BCUT2D eigenvalue weighted by molar-refractivity contribution is 5.88. The Balaban J connectivity index is 1.51. The van der Waals surface area contributed by atoms with Gasteiger partial charge in [-0.05, 0) is 48.5 Å². The second-order valence-electron chi connectivity index (χ2n) is 8.27. The summed E-state index contributed by atoms with van der Waals surface area (Å²) in [4.78, 5) is 38.1. The maximum absolute atomic E-state index is 13.0. The van der Waals surface area contributed by atoms with Crippen LogP contribution in [0.25, 0.3) is 0 Å². The largest absolute Gasteiger partial charge is 0.479 e. The first-order chi connectivity index (χ1) is 18.9. The van der Waals surface area contributed by atoms with Crippen LogP contribution in [-0.4, -0.2) is 33.7 Å². The minimum absolute atomic E-state index is 0.833. The van der Waals surface area contributed by atoms with Crippen molar-refractivity contribution in [2.75, 3.05) is 0 Å². The third-order valence-corrected chi connectivity index (χ3v) is 14.6. The summed E-state index contributed by atoms with van der Waals surface area (Å²) in [6.07, 6.45) is -1.79. The van der Waals surface area contributed by atoms with Crippen molar-refractivity contribution in [1.82, 2.24) is 0 Å². The number of carboxylic acid groups (broad SMARTS) is 1. The van der Waals surface area contributed by atoms with E-state index in [1.165, 1.54) is 0 Å². The predicted molar refractivity (Wildman–Crippen MR) is 135 cm³/mol. The molecule has 0 amide bonds. The average molecular weight is 752 g/mol. The number of carbonyl (C=O) groups excluding carboxylic acids is 2. The Hall–Kier alpha value is -3.29. The normalized spacial score (nSPS) is 11.3. The highest BCUT2D eigenvalue weighted by Crippen LogP contribution is 2.17. The number of carboxylic acids is 1. The molecule has 7 nitrogen and oxygen atoms in total. The van der Waals surface area contributed by atoms with Crippen molar-refractivity contribution >= 4 is 17.9 Å². The van der Waals surface area contributed by atoms with E-state index in [-0.39, 0.29) is 0 Å². The minimum Gasteiger partial charge on any atom is -0.479 e. The average Bonchev–Trinajstić information content (AvgIpc) is 2.96. The summed E-state index contributed by atoms with van der Waals surface area (Å²) >= 11 is -5.50. The van der Waals surface area contributed by atoms with Gasteiger partial charge in [0.1, 0.15) is 0 Å². The van der Waals surface area contributed by atoms with Gasteiger partial charge < -0.3 is 10.2 Å². The van der Waals surface area contributed by atoms with Gasteiger partial charge in [0.25, 0.3) is 0 Å². The van der Waals surface area contributed by atoms with Crippen molar-refractivity contribution in [1.29, 1.82) is 0 Å². The van der Waals surface area contributed by atoms with Gasteiger partial charge in [-0.2, -0.15) is 0 Å². The van der Waals surface area contributed by atoms with Gasteiger partial charge in [0.15, 0.2) is 19.9 Å². The van der Waals surface area contributed by atoms with Crippen molar-refractivity contribution in [3.63, 3.8) is 0 Å². The molecule has 0 aliphatic carbocycles. The third-order valence-electron chi connectivity index (χ3n) is 5.32. The van der Waals surface area contributed by atoms with Gasteiger partial charge in [-0.1, -0.05) is 72.8 Å². The number of aliphatic carboxylic acids is 1. The van der Waals surface area contributed by atoms with E-state index in [0.29, 0.717) is 0 Å². The third kappa shape index (κ3) is 7.87. The SMILES string of the molecule is O=C(CC(O)(CC(=O)O[I+](c1ccccc1)c1ccccc1)C(=O)O)O[I+](c1ccccc1)c1ccccc1. The summed E-state index contributed by atoms with van der Waals surface area (Å²) in [5.41, 5.74) is -2.68. The number of carbonyl (C=O) groups is 3. The van der Waals surface area contributed by atoms with E-state index in [0.717, 1.165) is 14.3 Å². The van der Waals surface area contributed by atoms with E-state index in [1.54, 1.807) is 0 Å². The fraction of sp³-hybridized carbons (Fsp3) is 0.100. The van der Waals surface area contributed by atoms with Crippen LogP contribution >= 0.6 is 0 Å². The quantitative estimate of drug-likeness (QED) is 0.175. The molecule has 0 saturated carbocycles. The zero-order valence-corrected chi connectivity index (χ0v) is 25.0. The lowest BCUT2D eigenvalue weighted by Crippen LogP contribution is -3.85. The van der Waals surface area contributed by atoms with Crippen LogP contribution in [0.2, 0.25) is 0 Å². The van der Waals surface area contributed by atoms with Gasteiger partial charge >= 0.3 is 58.4 Å². The molecule has 2 radical (unpaired) electrons. The van der Waals surface area contributed by atoms with Gasteiger partial charge in [0, 0.05) is 0 Å². The number of benzene rings is 4. The monoisotopic (exact) mass is 752 g/mol. The van der Waals surface area contributed by atoms with Crippen LogP contribution in [0.3, 0.4) is 0 Å². The van der Waals surface area contributed by atoms with Gasteiger partial charge in [0.2, 0.25) is 0 Å². The van der Waals surface area contributed by atoms with E-state index < -0.39 is 76.8 Å². The van der Waals surface area contributed by atoms with Gasteiger partial charge in [-0.25, -0.2) is 20.5 Å². The topological polar surface area (TPSA) is 110 Å². The zero-order chi connectivity index (χ0) is 27.7. The van der Waals surface area contributed by atoms with Crippen LogP contribution in [0, 0.1) is 14.3 Å². The molecule has 4 rings (SSSR count). The van der Waals surface area contributed by atoms with Gasteiger partial charge in [-0.15, -0.1) is 0 Å². The Morgan fingerprint density at radius 3 is 1.03 bits per heavy atom. The second-order valence-corrected chi connectivity index (χ2v) is 17.0. The van der Waals surface area contributed by atoms with E-state index in [1.807, 2.05) is 121 Å². The van der Waals surface area contributed by atoms with Crippen LogP contribution < -0.4 is 40.5 Å². The van der Waals surface area contributed by atoms with Crippen LogP contribution in [0.5, 0.6) is 0 Å². The Kier molecular flexibility index (Phi) is 10.1. The smallest absolute Gasteiger partial charge is 0.363 e. The van der Waals surface area contributed by atoms with E-state index in [2.05, 4.69) is 0 Å². The van der Waals surface area contributed by atoms with E-state index >= 15 is 0 Å². The lowest BCUT2D eigenvalue weighted by Gasteiger charge is -2.20. The molecule has 200 valence electrons. The van der Waals surface area contributed by atoms with Crippen molar-refractivity contribution in [3.05, 3.63) is 136 Å². The second kappa shape index (κ2) is 13.7. The van der Waals surface area contributed by atoms with Gasteiger partial charge in [0.05, 0.1) is 12.8 Å². The Bertz CT molecular complexity index is 1210. The number of hydrogen-bond acceptors (Lipinski definition) is 6. The predicted octanol–water partition coefficient (Wildman–Crippen LogP) is -1.77. The van der Waals surface area contributed by atoms with Crippen molar-refractivity contribution < 1.29 is 71.2 Å². The molecule has 0 fully saturated rings. The molecule has 0 saturated heterocycles. The molecular formula is C30H26I2O7+2. The maximum Gasteiger partial charge on any atom is 0.363 e. The first kappa shape index (κ1) is 28.7. The van der Waals surface area contributed by atoms with E-state index in [9.17, 15) is 24.6 Å². The molecule has 4 aromatic carbocycles. The van der Waals surface area contributed by atoms with Crippen molar-refractivity contribution in [2.45, 2.75) is 18.4 Å². The molecule has 9 heteroatoms. The first-order valence-electron chi connectivity index (χ1n) is 11.8. The summed E-state index contributed by atoms with van der Waals surface area (Å²) in [7, 11) is 0. The summed E-state index contributed by atoms with van der Waals surface area (Å²) in [5.74, 6) is -3.49. The molecule has 0 aromatic heterocycles. The van der Waals surface area contributed by atoms with Crippen molar-refractivity contribution in [3.8, 4) is 0 Å². The maximum atomic E-state index is 13.0. The number of hydrogen-bond donors (Lipinski definition) is 2. The van der Waals surface area contributed by atoms with Crippen LogP contribution in [0.4, 0.5) is 0 Å². The first-order valence-corrected chi connectivity index (χ1v) is 17.9. The molecule has 0 heterocycles. The molecule has 4 aromatic rings. The number of rotatable bonds is 11. The Labute approximate surface area is 241 Å². The van der Waals surface area contributed by atoms with E-state index in [4.69, 9.17) is 6.13 Å². The molecular weight excluding hydrogens is 726 g/mol. The number of aliphatic hydroxyl groups is 1. The molecule has 0 unspecified atom stereocenters. The summed E-state index contributed by atoms with van der Waals surface area (Å²) < 4.78 is 15.0. The zero-order valence-electron chi connectivity index (χ0n) is 20.7. The molecule has 39 heavy (non-hydrogen) atoms. The van der Waals surface area contributed by atoms with Crippen molar-refractivity contribution in [2.24, 2.45) is 0 Å². The van der Waals surface area contributed by atoms with Gasteiger partial charge in [-0.3, -0.25) is 0 Å². The highest BCUT2D eigenvalue weighted by Gasteiger charge is 2.47. The summed E-state index contributed by atoms with van der Waals surface area (Å²) in [5, 5.41) is 20.8. The van der Waals surface area contributed by atoms with Crippen LogP contribution in [0.15, 0.2) is 121 Å². The molecule has 0 bridgehead atoms. The molecule has 0 atom stereocenters. The van der Waals surface area contributed by atoms with Crippen LogP contribution in [-0.2, 0) is 20.5 Å². The fourth-order valence-electron chi connectivity index (χ4n) is 3.46.